The summed E-state index contributed by atoms with van der Waals surface area (Å²) in [4.78, 5) is 0. The molecule has 0 spiro atoms. The van der Waals surface area contributed by atoms with E-state index in [4.69, 9.17) is 11.6 Å². The Hall–Kier alpha value is -1.48. The molecule has 0 radical (unpaired) electrons. The first kappa shape index (κ1) is 10.6. The molecule has 1 rings (SSSR count). The number of aryl methyl sites for hydroxylation is 1. The SMILES string of the molecule is C/C(N)=C(\C)N(N)c1ccccc1C. The lowest BCUT2D eigenvalue weighted by Crippen LogP contribution is -2.31. The Bertz CT molecular complexity index is 351. The summed E-state index contributed by atoms with van der Waals surface area (Å²) >= 11 is 0. The van der Waals surface area contributed by atoms with E-state index in [1.165, 1.54) is 0 Å². The van der Waals surface area contributed by atoms with Gasteiger partial charge in [0, 0.05) is 5.70 Å². The molecule has 0 bridgehead atoms. The van der Waals surface area contributed by atoms with Gasteiger partial charge in [-0.3, -0.25) is 5.01 Å². The molecule has 0 aromatic heterocycles. The maximum absolute atomic E-state index is 5.94. The normalized spacial score (nSPS) is 12.3. The van der Waals surface area contributed by atoms with Crippen molar-refractivity contribution in [2.45, 2.75) is 20.8 Å². The van der Waals surface area contributed by atoms with Gasteiger partial charge in [-0.05, 0) is 32.4 Å². The highest BCUT2D eigenvalue weighted by Gasteiger charge is 2.06. The van der Waals surface area contributed by atoms with Gasteiger partial charge in [0.15, 0.2) is 0 Å². The number of hydrogen-bond acceptors (Lipinski definition) is 3. The van der Waals surface area contributed by atoms with Crippen LogP contribution in [0.3, 0.4) is 0 Å². The zero-order valence-corrected chi connectivity index (χ0v) is 8.91. The van der Waals surface area contributed by atoms with Gasteiger partial charge < -0.3 is 5.73 Å². The van der Waals surface area contributed by atoms with Gasteiger partial charge >= 0.3 is 0 Å². The molecule has 0 saturated heterocycles. The molecular formula is C11H17N3. The summed E-state index contributed by atoms with van der Waals surface area (Å²) < 4.78 is 0. The summed E-state index contributed by atoms with van der Waals surface area (Å²) in [7, 11) is 0. The summed E-state index contributed by atoms with van der Waals surface area (Å²) in [6.45, 7) is 5.77. The van der Waals surface area contributed by atoms with Crippen LogP contribution in [-0.4, -0.2) is 0 Å². The number of para-hydroxylation sites is 1. The summed E-state index contributed by atoms with van der Waals surface area (Å²) in [6.07, 6.45) is 0. The van der Waals surface area contributed by atoms with Gasteiger partial charge in [0.1, 0.15) is 0 Å². The van der Waals surface area contributed by atoms with Gasteiger partial charge in [0.2, 0.25) is 0 Å². The van der Waals surface area contributed by atoms with Crippen LogP contribution < -0.4 is 16.6 Å². The molecule has 0 unspecified atom stereocenters. The lowest BCUT2D eigenvalue weighted by atomic mass is 10.2. The molecule has 0 heterocycles. The van der Waals surface area contributed by atoms with E-state index in [0.717, 1.165) is 22.6 Å². The quantitative estimate of drug-likeness (QED) is 0.554. The number of hydrogen-bond donors (Lipinski definition) is 2. The van der Waals surface area contributed by atoms with Crippen LogP contribution in [0.2, 0.25) is 0 Å². The topological polar surface area (TPSA) is 55.3 Å². The second-order valence-electron chi connectivity index (χ2n) is 3.42. The van der Waals surface area contributed by atoms with Crippen LogP contribution in [0.5, 0.6) is 0 Å². The second-order valence-corrected chi connectivity index (χ2v) is 3.42. The first-order chi connectivity index (χ1) is 6.54. The van der Waals surface area contributed by atoms with E-state index in [1.54, 1.807) is 5.01 Å². The van der Waals surface area contributed by atoms with Crippen molar-refractivity contribution in [3.63, 3.8) is 0 Å². The number of nitrogens with two attached hydrogens (primary N) is 2. The molecule has 14 heavy (non-hydrogen) atoms. The molecular weight excluding hydrogens is 174 g/mol. The van der Waals surface area contributed by atoms with Crippen molar-refractivity contribution in [2.75, 3.05) is 5.01 Å². The Labute approximate surface area is 85.0 Å². The number of anilines is 1. The molecule has 0 aliphatic rings. The predicted molar refractivity (Wildman–Crippen MR) is 60.4 cm³/mol. The molecule has 76 valence electrons. The van der Waals surface area contributed by atoms with Crippen molar-refractivity contribution in [3.05, 3.63) is 41.2 Å². The summed E-state index contributed by atoms with van der Waals surface area (Å²) in [5.74, 6) is 5.94. The third kappa shape index (κ3) is 2.06. The Balaban J connectivity index is 3.07. The minimum absolute atomic E-state index is 0.732. The average Bonchev–Trinajstić information content (AvgIpc) is 2.16. The van der Waals surface area contributed by atoms with Crippen molar-refractivity contribution >= 4 is 5.69 Å². The van der Waals surface area contributed by atoms with Crippen molar-refractivity contribution in [1.82, 2.24) is 0 Å². The lowest BCUT2D eigenvalue weighted by molar-refractivity contribution is 0.955. The Morgan fingerprint density at radius 3 is 2.29 bits per heavy atom. The van der Waals surface area contributed by atoms with E-state index in [-0.39, 0.29) is 0 Å². The highest BCUT2D eigenvalue weighted by Crippen LogP contribution is 2.20. The highest BCUT2D eigenvalue weighted by atomic mass is 15.4. The first-order valence-electron chi connectivity index (χ1n) is 4.57. The predicted octanol–water partition coefficient (Wildman–Crippen LogP) is 1.89. The number of rotatable bonds is 2. The monoisotopic (exact) mass is 191 g/mol. The molecule has 0 saturated carbocycles. The zero-order chi connectivity index (χ0) is 10.7. The standard InChI is InChI=1S/C11H17N3/c1-8-6-4-5-7-11(8)14(13)10(3)9(2)12/h4-7H,12-13H2,1-3H3/b10-9-. The van der Waals surface area contributed by atoms with Gasteiger partial charge in [-0.2, -0.15) is 0 Å². The molecule has 0 aliphatic heterocycles. The minimum Gasteiger partial charge on any atom is -0.401 e. The van der Waals surface area contributed by atoms with E-state index < -0.39 is 0 Å². The average molecular weight is 191 g/mol. The third-order valence-electron chi connectivity index (χ3n) is 2.31. The minimum atomic E-state index is 0.732. The molecule has 1 aromatic rings. The van der Waals surface area contributed by atoms with Gasteiger partial charge in [-0.1, -0.05) is 18.2 Å². The fraction of sp³-hybridized carbons (Fsp3) is 0.273. The van der Waals surface area contributed by atoms with E-state index in [1.807, 2.05) is 45.0 Å². The number of allylic oxidation sites excluding steroid dienone is 2. The maximum atomic E-state index is 5.94. The van der Waals surface area contributed by atoms with Crippen LogP contribution >= 0.6 is 0 Å². The Morgan fingerprint density at radius 1 is 1.21 bits per heavy atom. The van der Waals surface area contributed by atoms with Crippen LogP contribution in [0.15, 0.2) is 35.7 Å². The molecule has 4 N–H and O–H groups in total. The van der Waals surface area contributed by atoms with E-state index in [0.29, 0.717) is 0 Å². The molecule has 3 heteroatoms. The van der Waals surface area contributed by atoms with Gasteiger partial charge in [0.25, 0.3) is 0 Å². The Kier molecular flexibility index (Phi) is 3.14. The van der Waals surface area contributed by atoms with Crippen LogP contribution in [0.1, 0.15) is 19.4 Å². The maximum Gasteiger partial charge on any atom is 0.0601 e. The number of benzene rings is 1. The van der Waals surface area contributed by atoms with E-state index in [2.05, 4.69) is 0 Å². The number of nitrogens with zero attached hydrogens (tertiary/aromatic N) is 1. The smallest absolute Gasteiger partial charge is 0.0601 e. The molecule has 0 atom stereocenters. The van der Waals surface area contributed by atoms with Crippen molar-refractivity contribution < 1.29 is 0 Å². The van der Waals surface area contributed by atoms with Crippen molar-refractivity contribution in [1.29, 1.82) is 0 Å². The van der Waals surface area contributed by atoms with Crippen molar-refractivity contribution in [2.24, 2.45) is 11.6 Å². The van der Waals surface area contributed by atoms with Crippen LogP contribution in [0.25, 0.3) is 0 Å². The molecule has 1 aromatic carbocycles. The van der Waals surface area contributed by atoms with Crippen LogP contribution in [0, 0.1) is 6.92 Å². The lowest BCUT2D eigenvalue weighted by Gasteiger charge is -2.22. The fourth-order valence-electron chi connectivity index (χ4n) is 1.20. The van der Waals surface area contributed by atoms with Crippen LogP contribution in [0.4, 0.5) is 5.69 Å². The molecule has 0 fully saturated rings. The van der Waals surface area contributed by atoms with Crippen LogP contribution in [-0.2, 0) is 0 Å². The molecule has 0 amide bonds. The highest BCUT2D eigenvalue weighted by molar-refractivity contribution is 5.55. The second kappa shape index (κ2) is 4.15. The Morgan fingerprint density at radius 2 is 1.79 bits per heavy atom. The summed E-state index contributed by atoms with van der Waals surface area (Å²) in [5.41, 5.74) is 9.40. The molecule has 0 aliphatic carbocycles. The largest absolute Gasteiger partial charge is 0.401 e. The number of hydrazine groups is 1. The summed E-state index contributed by atoms with van der Waals surface area (Å²) in [6, 6.07) is 7.94. The van der Waals surface area contributed by atoms with Gasteiger partial charge in [-0.25, -0.2) is 5.84 Å². The van der Waals surface area contributed by atoms with E-state index in [9.17, 15) is 0 Å². The third-order valence-corrected chi connectivity index (χ3v) is 2.31. The van der Waals surface area contributed by atoms with E-state index >= 15 is 0 Å². The molecule has 3 nitrogen and oxygen atoms in total. The van der Waals surface area contributed by atoms with Gasteiger partial charge in [-0.15, -0.1) is 0 Å². The van der Waals surface area contributed by atoms with Crippen molar-refractivity contribution in [3.8, 4) is 0 Å². The van der Waals surface area contributed by atoms with Gasteiger partial charge in [0.05, 0.1) is 11.4 Å². The fourth-order valence-corrected chi connectivity index (χ4v) is 1.20. The summed E-state index contributed by atoms with van der Waals surface area (Å²) in [5, 5.41) is 1.62. The first-order valence-corrected chi connectivity index (χ1v) is 4.57. The zero-order valence-electron chi connectivity index (χ0n) is 8.91.